The van der Waals surface area contributed by atoms with Gasteiger partial charge in [0.15, 0.2) is 0 Å². The van der Waals surface area contributed by atoms with E-state index in [-0.39, 0.29) is 12.0 Å². The molecule has 3 heterocycles. The minimum absolute atomic E-state index is 0.0315. The van der Waals surface area contributed by atoms with Crippen molar-refractivity contribution in [3.8, 4) is 11.1 Å². The van der Waals surface area contributed by atoms with Gasteiger partial charge in [0.05, 0.1) is 25.5 Å². The lowest BCUT2D eigenvalue weighted by Gasteiger charge is -2.33. The lowest BCUT2D eigenvalue weighted by molar-refractivity contribution is -0.0245. The van der Waals surface area contributed by atoms with Crippen LogP contribution in [0.5, 0.6) is 0 Å². The van der Waals surface area contributed by atoms with Crippen molar-refractivity contribution in [3.05, 3.63) is 71.9 Å². The van der Waals surface area contributed by atoms with E-state index in [1.807, 2.05) is 30.3 Å². The summed E-state index contributed by atoms with van der Waals surface area (Å²) >= 11 is 0. The molecule has 0 spiro atoms. The predicted octanol–water partition coefficient (Wildman–Crippen LogP) is 2.48. The fourth-order valence-electron chi connectivity index (χ4n) is 3.53. The lowest BCUT2D eigenvalue weighted by Crippen LogP contribution is -2.42. The fourth-order valence-corrected chi connectivity index (χ4v) is 3.53. The van der Waals surface area contributed by atoms with Crippen LogP contribution < -0.4 is 5.73 Å². The number of morpholine rings is 1. The number of nitrogens with zero attached hydrogens (tertiary/aromatic N) is 4. The van der Waals surface area contributed by atoms with E-state index in [1.165, 1.54) is 6.33 Å². The van der Waals surface area contributed by atoms with Gasteiger partial charge in [0.2, 0.25) is 0 Å². The number of anilines is 1. The highest BCUT2D eigenvalue weighted by molar-refractivity contribution is 5.94. The molecule has 1 aliphatic rings. The van der Waals surface area contributed by atoms with E-state index in [0.717, 1.165) is 22.4 Å². The van der Waals surface area contributed by atoms with Crippen molar-refractivity contribution in [1.82, 2.24) is 19.9 Å². The third-order valence-corrected chi connectivity index (χ3v) is 5.01. The number of ether oxygens (including phenoxy) is 2. The molecule has 1 fully saturated rings. The monoisotopic (exact) mass is 405 g/mol. The highest BCUT2D eigenvalue weighted by Crippen LogP contribution is 2.30. The van der Waals surface area contributed by atoms with E-state index in [2.05, 4.69) is 15.0 Å². The van der Waals surface area contributed by atoms with Crippen LogP contribution in [0.3, 0.4) is 0 Å². The van der Waals surface area contributed by atoms with Crippen LogP contribution in [0.4, 0.5) is 5.82 Å². The molecule has 1 amide bonds. The highest BCUT2D eigenvalue weighted by atomic mass is 16.5. The number of carbonyl (C=O) groups is 1. The molecule has 0 radical (unpaired) electrons. The zero-order valence-electron chi connectivity index (χ0n) is 16.7. The van der Waals surface area contributed by atoms with Crippen LogP contribution in [-0.2, 0) is 16.1 Å². The zero-order chi connectivity index (χ0) is 20.9. The number of amides is 1. The molecule has 2 N–H and O–H groups in total. The molecule has 1 aliphatic heterocycles. The fraction of sp³-hybridized carbons (Fsp3) is 0.273. The molecule has 1 aromatic carbocycles. The van der Waals surface area contributed by atoms with Gasteiger partial charge >= 0.3 is 0 Å². The molecule has 0 aliphatic carbocycles. The maximum atomic E-state index is 13.0. The van der Waals surface area contributed by atoms with E-state index in [1.54, 1.807) is 30.5 Å². The summed E-state index contributed by atoms with van der Waals surface area (Å²) in [5, 5.41) is 0. The van der Waals surface area contributed by atoms with E-state index in [0.29, 0.717) is 37.7 Å². The Morgan fingerprint density at radius 3 is 2.87 bits per heavy atom. The first-order valence-corrected chi connectivity index (χ1v) is 9.66. The van der Waals surface area contributed by atoms with E-state index in [4.69, 9.17) is 15.2 Å². The third-order valence-electron chi connectivity index (χ3n) is 5.01. The van der Waals surface area contributed by atoms with Crippen molar-refractivity contribution in [2.75, 3.05) is 32.5 Å². The van der Waals surface area contributed by atoms with Crippen LogP contribution in [0, 0.1) is 0 Å². The Balaban J connectivity index is 1.55. The zero-order valence-corrected chi connectivity index (χ0v) is 16.7. The smallest absolute Gasteiger partial charge is 0.254 e. The van der Waals surface area contributed by atoms with Crippen molar-refractivity contribution in [2.45, 2.75) is 12.7 Å². The Bertz CT molecular complexity index is 1030. The number of hydrogen-bond acceptors (Lipinski definition) is 7. The molecule has 0 saturated carbocycles. The van der Waals surface area contributed by atoms with Crippen LogP contribution in [0.15, 0.2) is 55.1 Å². The average molecular weight is 405 g/mol. The standard InChI is InChI=1S/C22H23N5O3/c1-29-13-15-2-4-16(5-3-15)22(28)27-8-9-30-19(12-27)21-18(11-24-14-26-21)17-6-7-25-20(23)10-17/h2-7,10-11,14,19H,8-9,12-13H2,1H3,(H2,23,25)/t19-/m0/s1. The molecule has 1 saturated heterocycles. The Morgan fingerprint density at radius 1 is 1.27 bits per heavy atom. The van der Waals surface area contributed by atoms with Crippen molar-refractivity contribution >= 4 is 11.7 Å². The normalized spacial score (nSPS) is 16.4. The summed E-state index contributed by atoms with van der Waals surface area (Å²) in [5.41, 5.74) is 9.90. The minimum Gasteiger partial charge on any atom is -0.384 e. The van der Waals surface area contributed by atoms with Crippen molar-refractivity contribution < 1.29 is 14.3 Å². The third kappa shape index (κ3) is 4.29. The SMILES string of the molecule is COCc1ccc(C(=O)N2CCO[C@H](c3ncncc3-c3ccnc(N)c3)C2)cc1. The molecule has 4 rings (SSSR count). The summed E-state index contributed by atoms with van der Waals surface area (Å²) in [6.45, 7) is 1.88. The van der Waals surface area contributed by atoms with Gasteiger partial charge in [-0.05, 0) is 35.4 Å². The summed E-state index contributed by atoms with van der Waals surface area (Å²) in [6, 6.07) is 11.1. The molecule has 30 heavy (non-hydrogen) atoms. The molecular weight excluding hydrogens is 382 g/mol. The number of pyridine rings is 1. The number of aromatic nitrogens is 3. The van der Waals surface area contributed by atoms with E-state index in [9.17, 15) is 4.79 Å². The molecule has 0 unspecified atom stereocenters. The van der Waals surface area contributed by atoms with Gasteiger partial charge in [-0.15, -0.1) is 0 Å². The average Bonchev–Trinajstić information content (AvgIpc) is 2.79. The summed E-state index contributed by atoms with van der Waals surface area (Å²) in [6.07, 6.45) is 4.51. The number of nitrogen functional groups attached to an aromatic ring is 1. The predicted molar refractivity (Wildman–Crippen MR) is 111 cm³/mol. The van der Waals surface area contributed by atoms with Crippen LogP contribution in [0.25, 0.3) is 11.1 Å². The second-order valence-corrected chi connectivity index (χ2v) is 7.03. The molecule has 1 atom stereocenters. The largest absolute Gasteiger partial charge is 0.384 e. The Morgan fingerprint density at radius 2 is 2.10 bits per heavy atom. The van der Waals surface area contributed by atoms with Gasteiger partial charge in [0, 0.05) is 37.2 Å². The molecule has 2 aromatic heterocycles. The maximum absolute atomic E-state index is 13.0. The minimum atomic E-state index is -0.358. The molecule has 154 valence electrons. The van der Waals surface area contributed by atoms with Gasteiger partial charge in [-0.3, -0.25) is 4.79 Å². The van der Waals surface area contributed by atoms with Gasteiger partial charge in [-0.2, -0.15) is 0 Å². The van der Waals surface area contributed by atoms with Crippen LogP contribution in [0.1, 0.15) is 27.7 Å². The number of nitrogens with two attached hydrogens (primary N) is 1. The van der Waals surface area contributed by atoms with Crippen molar-refractivity contribution in [1.29, 1.82) is 0 Å². The topological polar surface area (TPSA) is 103 Å². The van der Waals surface area contributed by atoms with Crippen LogP contribution in [0.2, 0.25) is 0 Å². The number of hydrogen-bond donors (Lipinski definition) is 1. The molecule has 0 bridgehead atoms. The first-order chi connectivity index (χ1) is 14.7. The Labute approximate surface area is 174 Å². The molecule has 8 nitrogen and oxygen atoms in total. The second-order valence-electron chi connectivity index (χ2n) is 7.03. The quantitative estimate of drug-likeness (QED) is 0.695. The van der Waals surface area contributed by atoms with Crippen molar-refractivity contribution in [3.63, 3.8) is 0 Å². The van der Waals surface area contributed by atoms with Crippen LogP contribution in [-0.4, -0.2) is 52.6 Å². The number of rotatable bonds is 5. The summed E-state index contributed by atoms with van der Waals surface area (Å²) < 4.78 is 11.1. The summed E-state index contributed by atoms with van der Waals surface area (Å²) in [7, 11) is 1.65. The van der Waals surface area contributed by atoms with Gasteiger partial charge in [-0.1, -0.05) is 12.1 Å². The van der Waals surface area contributed by atoms with E-state index >= 15 is 0 Å². The van der Waals surface area contributed by atoms with Crippen LogP contribution >= 0.6 is 0 Å². The summed E-state index contributed by atoms with van der Waals surface area (Å²) in [5.74, 6) is 0.386. The maximum Gasteiger partial charge on any atom is 0.254 e. The second kappa shape index (κ2) is 8.98. The van der Waals surface area contributed by atoms with E-state index < -0.39 is 0 Å². The first-order valence-electron chi connectivity index (χ1n) is 9.66. The number of benzene rings is 1. The molecule has 3 aromatic rings. The van der Waals surface area contributed by atoms with Crippen molar-refractivity contribution in [2.24, 2.45) is 0 Å². The first kappa shape index (κ1) is 19.9. The number of methoxy groups -OCH3 is 1. The lowest BCUT2D eigenvalue weighted by atomic mass is 10.0. The summed E-state index contributed by atoms with van der Waals surface area (Å²) in [4.78, 5) is 27.5. The molecule has 8 heteroatoms. The van der Waals surface area contributed by atoms with Gasteiger partial charge in [0.25, 0.3) is 5.91 Å². The Hall–Kier alpha value is -3.36. The molecular formula is C22H23N5O3. The highest BCUT2D eigenvalue weighted by Gasteiger charge is 2.29. The van der Waals surface area contributed by atoms with Gasteiger partial charge < -0.3 is 20.1 Å². The Kier molecular flexibility index (Phi) is 5.97. The van der Waals surface area contributed by atoms with Gasteiger partial charge in [-0.25, -0.2) is 15.0 Å². The van der Waals surface area contributed by atoms with Gasteiger partial charge in [0.1, 0.15) is 18.2 Å². The number of carbonyl (C=O) groups excluding carboxylic acids is 1.